The SMILES string of the molecule is CSc1ccc(Cl)c(C(=O)OCC(=O)Nc2cc([N+](=O)[O-])ccc2C)c1. The second-order valence-corrected chi connectivity index (χ2v) is 6.51. The molecule has 1 N–H and O–H groups in total. The number of aryl methyl sites for hydroxylation is 1. The van der Waals surface area contributed by atoms with Crippen LogP contribution in [0.2, 0.25) is 5.02 Å². The minimum Gasteiger partial charge on any atom is -0.452 e. The predicted molar refractivity (Wildman–Crippen MR) is 100.0 cm³/mol. The number of thioether (sulfide) groups is 1. The van der Waals surface area contributed by atoms with Gasteiger partial charge in [0.1, 0.15) is 0 Å². The van der Waals surface area contributed by atoms with Gasteiger partial charge >= 0.3 is 5.97 Å². The first-order valence-electron chi connectivity index (χ1n) is 7.37. The van der Waals surface area contributed by atoms with Gasteiger partial charge < -0.3 is 10.1 Å². The molecule has 0 aliphatic rings. The predicted octanol–water partition coefficient (Wildman–Crippen LogP) is 4.07. The van der Waals surface area contributed by atoms with Gasteiger partial charge in [0.2, 0.25) is 0 Å². The molecule has 0 saturated heterocycles. The molecular formula is C17H15ClN2O5S. The topological polar surface area (TPSA) is 98.5 Å². The maximum atomic E-state index is 12.1. The minimum atomic E-state index is -0.725. The summed E-state index contributed by atoms with van der Waals surface area (Å²) in [5.41, 5.74) is 0.940. The summed E-state index contributed by atoms with van der Waals surface area (Å²) in [6, 6.07) is 9.03. The number of rotatable bonds is 6. The summed E-state index contributed by atoms with van der Waals surface area (Å²) in [6.45, 7) is 1.15. The Morgan fingerprint density at radius 2 is 2.00 bits per heavy atom. The van der Waals surface area contributed by atoms with E-state index < -0.39 is 23.4 Å². The van der Waals surface area contributed by atoms with Crippen LogP contribution in [0.25, 0.3) is 0 Å². The first-order valence-corrected chi connectivity index (χ1v) is 8.97. The number of nitrogens with one attached hydrogen (secondary N) is 1. The van der Waals surface area contributed by atoms with Crippen molar-refractivity contribution in [2.75, 3.05) is 18.2 Å². The number of nitro benzene ring substituents is 1. The molecule has 136 valence electrons. The second kappa shape index (κ2) is 8.68. The van der Waals surface area contributed by atoms with E-state index in [0.717, 1.165) is 4.90 Å². The van der Waals surface area contributed by atoms with Crippen LogP contribution in [0.1, 0.15) is 15.9 Å². The lowest BCUT2D eigenvalue weighted by Gasteiger charge is -2.10. The number of carbonyl (C=O) groups is 2. The number of nitrogens with zero attached hydrogens (tertiary/aromatic N) is 1. The molecular weight excluding hydrogens is 380 g/mol. The number of nitro groups is 1. The Balaban J connectivity index is 2.02. The third kappa shape index (κ3) is 4.96. The molecule has 0 heterocycles. The van der Waals surface area contributed by atoms with Crippen LogP contribution < -0.4 is 5.32 Å². The smallest absolute Gasteiger partial charge is 0.340 e. The van der Waals surface area contributed by atoms with Crippen LogP contribution in [0, 0.1) is 17.0 Å². The van der Waals surface area contributed by atoms with Crippen molar-refractivity contribution < 1.29 is 19.2 Å². The van der Waals surface area contributed by atoms with Gasteiger partial charge in [-0.3, -0.25) is 14.9 Å². The van der Waals surface area contributed by atoms with Gasteiger partial charge in [0, 0.05) is 17.0 Å². The maximum absolute atomic E-state index is 12.1. The van der Waals surface area contributed by atoms with Crippen molar-refractivity contribution in [2.24, 2.45) is 0 Å². The number of ether oxygens (including phenoxy) is 1. The second-order valence-electron chi connectivity index (χ2n) is 5.23. The number of halogens is 1. The molecule has 0 unspecified atom stereocenters. The van der Waals surface area contributed by atoms with E-state index in [1.807, 2.05) is 6.26 Å². The van der Waals surface area contributed by atoms with Gasteiger partial charge in [0.05, 0.1) is 21.2 Å². The molecule has 0 atom stereocenters. The number of non-ortho nitro benzene ring substituents is 1. The van der Waals surface area contributed by atoms with Crippen molar-refractivity contribution in [3.8, 4) is 0 Å². The van der Waals surface area contributed by atoms with Crippen molar-refractivity contribution in [1.29, 1.82) is 0 Å². The van der Waals surface area contributed by atoms with E-state index in [-0.39, 0.29) is 22.0 Å². The number of benzene rings is 2. The zero-order chi connectivity index (χ0) is 19.3. The molecule has 0 bridgehead atoms. The normalized spacial score (nSPS) is 10.3. The van der Waals surface area contributed by atoms with E-state index in [2.05, 4.69) is 5.32 Å². The molecule has 1 amide bonds. The van der Waals surface area contributed by atoms with Crippen molar-refractivity contribution in [1.82, 2.24) is 0 Å². The Morgan fingerprint density at radius 1 is 1.27 bits per heavy atom. The average molecular weight is 395 g/mol. The number of carbonyl (C=O) groups excluding carboxylic acids is 2. The largest absolute Gasteiger partial charge is 0.452 e. The van der Waals surface area contributed by atoms with Crippen molar-refractivity contribution in [2.45, 2.75) is 11.8 Å². The van der Waals surface area contributed by atoms with Gasteiger partial charge in [-0.05, 0) is 36.9 Å². The van der Waals surface area contributed by atoms with Crippen molar-refractivity contribution >= 4 is 46.6 Å². The Labute approximate surface area is 158 Å². The quantitative estimate of drug-likeness (QED) is 0.343. The molecule has 0 aliphatic heterocycles. The molecule has 2 rings (SSSR count). The fraction of sp³-hybridized carbons (Fsp3) is 0.176. The monoisotopic (exact) mass is 394 g/mol. The Bertz CT molecular complexity index is 872. The molecule has 7 nitrogen and oxygen atoms in total. The summed E-state index contributed by atoms with van der Waals surface area (Å²) in [4.78, 5) is 35.2. The third-order valence-corrected chi connectivity index (χ3v) is 4.49. The fourth-order valence-corrected chi connectivity index (χ4v) is 2.68. The highest BCUT2D eigenvalue weighted by molar-refractivity contribution is 7.98. The summed E-state index contributed by atoms with van der Waals surface area (Å²) in [7, 11) is 0. The molecule has 9 heteroatoms. The Kier molecular flexibility index (Phi) is 6.59. The van der Waals surface area contributed by atoms with Crippen LogP contribution in [0.5, 0.6) is 0 Å². The molecule has 0 saturated carbocycles. The van der Waals surface area contributed by atoms with Gasteiger partial charge in [-0.25, -0.2) is 4.79 Å². The molecule has 2 aromatic carbocycles. The molecule has 26 heavy (non-hydrogen) atoms. The van der Waals surface area contributed by atoms with Crippen LogP contribution in [0.3, 0.4) is 0 Å². The standard InChI is InChI=1S/C17H15ClN2O5S/c1-10-3-4-11(20(23)24)7-15(10)19-16(21)9-25-17(22)13-8-12(26-2)5-6-14(13)18/h3-8H,9H2,1-2H3,(H,19,21). The van der Waals surface area contributed by atoms with E-state index in [0.29, 0.717) is 5.56 Å². The lowest BCUT2D eigenvalue weighted by molar-refractivity contribution is -0.384. The summed E-state index contributed by atoms with van der Waals surface area (Å²) in [6.07, 6.45) is 1.85. The number of anilines is 1. The Morgan fingerprint density at radius 3 is 2.65 bits per heavy atom. The average Bonchev–Trinajstić information content (AvgIpc) is 2.61. The molecule has 0 spiro atoms. The zero-order valence-corrected chi connectivity index (χ0v) is 15.5. The lowest BCUT2D eigenvalue weighted by Crippen LogP contribution is -2.21. The van der Waals surface area contributed by atoms with Gasteiger partial charge in [-0.2, -0.15) is 0 Å². The first kappa shape index (κ1) is 19.7. The Hall–Kier alpha value is -2.58. The molecule has 0 radical (unpaired) electrons. The van der Waals surface area contributed by atoms with E-state index >= 15 is 0 Å². The lowest BCUT2D eigenvalue weighted by atomic mass is 10.2. The van der Waals surface area contributed by atoms with Crippen LogP contribution in [-0.2, 0) is 9.53 Å². The number of hydrogen-bond acceptors (Lipinski definition) is 6. The highest BCUT2D eigenvalue weighted by atomic mass is 35.5. The number of amides is 1. The van der Waals surface area contributed by atoms with Crippen LogP contribution in [0.4, 0.5) is 11.4 Å². The first-order chi connectivity index (χ1) is 12.3. The summed E-state index contributed by atoms with van der Waals surface area (Å²) < 4.78 is 4.98. The van der Waals surface area contributed by atoms with Gasteiger partial charge in [-0.15, -0.1) is 11.8 Å². The maximum Gasteiger partial charge on any atom is 0.340 e. The van der Waals surface area contributed by atoms with Crippen LogP contribution in [0.15, 0.2) is 41.3 Å². The number of hydrogen-bond donors (Lipinski definition) is 1. The molecule has 0 fully saturated rings. The molecule has 0 aliphatic carbocycles. The molecule has 2 aromatic rings. The van der Waals surface area contributed by atoms with E-state index in [1.54, 1.807) is 25.1 Å². The number of esters is 1. The molecule has 0 aromatic heterocycles. The van der Waals surface area contributed by atoms with Gasteiger partial charge in [-0.1, -0.05) is 17.7 Å². The zero-order valence-electron chi connectivity index (χ0n) is 13.9. The van der Waals surface area contributed by atoms with Crippen molar-refractivity contribution in [3.63, 3.8) is 0 Å². The van der Waals surface area contributed by atoms with Gasteiger partial charge in [0.15, 0.2) is 6.61 Å². The highest BCUT2D eigenvalue weighted by Crippen LogP contribution is 2.24. The van der Waals surface area contributed by atoms with Gasteiger partial charge in [0.25, 0.3) is 11.6 Å². The summed E-state index contributed by atoms with van der Waals surface area (Å²) >= 11 is 7.43. The van der Waals surface area contributed by atoms with E-state index in [1.165, 1.54) is 30.0 Å². The van der Waals surface area contributed by atoms with E-state index in [9.17, 15) is 19.7 Å². The van der Waals surface area contributed by atoms with Crippen LogP contribution in [-0.4, -0.2) is 29.7 Å². The highest BCUT2D eigenvalue weighted by Gasteiger charge is 2.16. The summed E-state index contributed by atoms with van der Waals surface area (Å²) in [5, 5.41) is 13.5. The summed E-state index contributed by atoms with van der Waals surface area (Å²) in [5.74, 6) is -1.34. The third-order valence-electron chi connectivity index (χ3n) is 3.43. The van der Waals surface area contributed by atoms with E-state index in [4.69, 9.17) is 16.3 Å². The van der Waals surface area contributed by atoms with Crippen molar-refractivity contribution in [3.05, 3.63) is 62.7 Å². The minimum absolute atomic E-state index is 0.149. The van der Waals surface area contributed by atoms with Crippen LogP contribution >= 0.6 is 23.4 Å². The fourth-order valence-electron chi connectivity index (χ4n) is 2.04.